The van der Waals surface area contributed by atoms with Gasteiger partial charge in [0.15, 0.2) is 0 Å². The maximum Gasteiger partial charge on any atom is 0.223 e. The predicted molar refractivity (Wildman–Crippen MR) is 98.1 cm³/mol. The molecule has 0 radical (unpaired) electrons. The summed E-state index contributed by atoms with van der Waals surface area (Å²) in [6, 6.07) is 0.963. The first-order chi connectivity index (χ1) is 12.0. The van der Waals surface area contributed by atoms with Crippen LogP contribution in [0.2, 0.25) is 0 Å². The van der Waals surface area contributed by atoms with E-state index in [4.69, 9.17) is 10.8 Å². The van der Waals surface area contributed by atoms with Crippen LogP contribution in [-0.4, -0.2) is 27.8 Å². The van der Waals surface area contributed by atoms with Crippen molar-refractivity contribution in [1.29, 1.82) is 0 Å². The third-order valence-corrected chi connectivity index (χ3v) is 6.76. The molecule has 0 spiro atoms. The first-order valence-corrected chi connectivity index (χ1v) is 10.1. The minimum Gasteiger partial charge on any atom is -0.353 e. The van der Waals surface area contributed by atoms with Crippen LogP contribution in [0.25, 0.3) is 0 Å². The van der Waals surface area contributed by atoms with E-state index in [0.29, 0.717) is 23.9 Å². The molecule has 1 heterocycles. The molecule has 3 atom stereocenters. The molecule has 1 amide bonds. The third-order valence-electron chi connectivity index (χ3n) is 6.76. The molecular weight excluding hydrogens is 312 g/mol. The molecule has 1 aromatic heterocycles. The summed E-state index contributed by atoms with van der Waals surface area (Å²) in [5.74, 6) is 1.55. The summed E-state index contributed by atoms with van der Waals surface area (Å²) in [6.07, 6.45) is 10.8. The van der Waals surface area contributed by atoms with Gasteiger partial charge < -0.3 is 11.1 Å². The zero-order valence-corrected chi connectivity index (χ0v) is 15.6. The van der Waals surface area contributed by atoms with Gasteiger partial charge in [0.05, 0.1) is 5.69 Å². The number of rotatable bonds is 3. The normalized spacial score (nSPS) is 34.6. The Labute approximate surface area is 150 Å². The van der Waals surface area contributed by atoms with Gasteiger partial charge in [-0.2, -0.15) is 5.10 Å². The lowest BCUT2D eigenvalue weighted by Crippen LogP contribution is -2.50. The fourth-order valence-electron chi connectivity index (χ4n) is 5.22. The number of aromatic nitrogens is 2. The van der Waals surface area contributed by atoms with Gasteiger partial charge >= 0.3 is 0 Å². The highest BCUT2D eigenvalue weighted by Gasteiger charge is 2.41. The van der Waals surface area contributed by atoms with Crippen LogP contribution in [0.4, 0.5) is 0 Å². The molecule has 2 bridgehead atoms. The number of aryl methyl sites for hydroxylation is 1. The van der Waals surface area contributed by atoms with Crippen LogP contribution in [0, 0.1) is 17.8 Å². The lowest BCUT2D eigenvalue weighted by atomic mass is 9.65. The summed E-state index contributed by atoms with van der Waals surface area (Å²) in [4.78, 5) is 12.9. The largest absolute Gasteiger partial charge is 0.353 e. The second kappa shape index (κ2) is 6.75. The van der Waals surface area contributed by atoms with Crippen LogP contribution in [0.1, 0.15) is 69.7 Å². The Kier molecular flexibility index (Phi) is 4.61. The van der Waals surface area contributed by atoms with Gasteiger partial charge in [-0.1, -0.05) is 6.42 Å². The summed E-state index contributed by atoms with van der Waals surface area (Å²) in [5, 5.41) is 8.07. The maximum atomic E-state index is 12.9. The Morgan fingerprint density at radius 3 is 2.68 bits per heavy atom. The van der Waals surface area contributed by atoms with E-state index >= 15 is 0 Å². The van der Waals surface area contributed by atoms with Gasteiger partial charge in [0.2, 0.25) is 5.91 Å². The van der Waals surface area contributed by atoms with Gasteiger partial charge in [-0.15, -0.1) is 0 Å². The van der Waals surface area contributed by atoms with E-state index in [0.717, 1.165) is 32.1 Å². The standard InChI is InChI=1S/C20H32N4O/c1-12(2)24-11-15-6-7-17(10-18(15)23-24)22-20(25)16-8-13-4-3-5-14(9-16)19(13)21/h11-14,16-17,19H,3-10,21H2,1-2H3,(H,22,25). The monoisotopic (exact) mass is 344 g/mol. The zero-order chi connectivity index (χ0) is 17.6. The van der Waals surface area contributed by atoms with Crippen LogP contribution in [0.15, 0.2) is 6.20 Å². The van der Waals surface area contributed by atoms with Gasteiger partial charge in [0.1, 0.15) is 0 Å². The summed E-state index contributed by atoms with van der Waals surface area (Å²) >= 11 is 0. The molecule has 5 nitrogen and oxygen atoms in total. The number of hydrogen-bond acceptors (Lipinski definition) is 3. The Morgan fingerprint density at radius 2 is 2.00 bits per heavy atom. The molecule has 25 heavy (non-hydrogen) atoms. The number of carbonyl (C=O) groups excluding carboxylic acids is 1. The Morgan fingerprint density at radius 1 is 1.28 bits per heavy atom. The molecule has 138 valence electrons. The number of nitrogens with zero attached hydrogens (tertiary/aromatic N) is 2. The number of hydrogen-bond donors (Lipinski definition) is 2. The van der Waals surface area contributed by atoms with Crippen LogP contribution in [0.3, 0.4) is 0 Å². The average molecular weight is 345 g/mol. The lowest BCUT2D eigenvalue weighted by molar-refractivity contribution is -0.128. The highest BCUT2D eigenvalue weighted by molar-refractivity contribution is 5.79. The molecule has 3 unspecified atom stereocenters. The van der Waals surface area contributed by atoms with Crippen molar-refractivity contribution < 1.29 is 4.79 Å². The average Bonchev–Trinajstić information content (AvgIpc) is 2.98. The molecule has 4 rings (SSSR count). The Balaban J connectivity index is 1.37. The van der Waals surface area contributed by atoms with Crippen molar-refractivity contribution in [2.75, 3.05) is 0 Å². The molecule has 1 aromatic rings. The number of nitrogens with two attached hydrogens (primary N) is 1. The van der Waals surface area contributed by atoms with Gasteiger partial charge in [-0.05, 0) is 69.8 Å². The molecule has 0 aromatic carbocycles. The first-order valence-electron chi connectivity index (χ1n) is 10.1. The zero-order valence-electron chi connectivity index (χ0n) is 15.6. The van der Waals surface area contributed by atoms with Crippen molar-refractivity contribution in [3.05, 3.63) is 17.5 Å². The number of carbonyl (C=O) groups is 1. The number of fused-ring (bicyclic) bond motifs is 3. The van der Waals surface area contributed by atoms with E-state index in [1.54, 1.807) is 0 Å². The van der Waals surface area contributed by atoms with Crippen molar-refractivity contribution in [3.8, 4) is 0 Å². The quantitative estimate of drug-likeness (QED) is 0.885. The molecule has 2 saturated carbocycles. The molecule has 3 aliphatic rings. The Bertz CT molecular complexity index is 624. The van der Waals surface area contributed by atoms with Crippen molar-refractivity contribution in [2.45, 2.75) is 83.3 Å². The van der Waals surface area contributed by atoms with E-state index in [1.807, 2.05) is 0 Å². The van der Waals surface area contributed by atoms with E-state index in [9.17, 15) is 4.79 Å². The van der Waals surface area contributed by atoms with Crippen molar-refractivity contribution in [3.63, 3.8) is 0 Å². The van der Waals surface area contributed by atoms with Crippen LogP contribution in [0.5, 0.6) is 0 Å². The van der Waals surface area contributed by atoms with E-state index in [2.05, 4.69) is 30.0 Å². The second-order valence-electron chi connectivity index (χ2n) is 8.82. The lowest BCUT2D eigenvalue weighted by Gasteiger charge is -2.43. The number of amides is 1. The molecular formula is C20H32N4O. The Hall–Kier alpha value is -1.36. The minimum absolute atomic E-state index is 0.171. The highest BCUT2D eigenvalue weighted by Crippen LogP contribution is 2.42. The fraction of sp³-hybridized carbons (Fsp3) is 0.800. The fourth-order valence-corrected chi connectivity index (χ4v) is 5.22. The molecule has 0 saturated heterocycles. The van der Waals surface area contributed by atoms with Crippen molar-refractivity contribution >= 4 is 5.91 Å². The smallest absolute Gasteiger partial charge is 0.223 e. The summed E-state index contributed by atoms with van der Waals surface area (Å²) < 4.78 is 2.05. The molecule has 3 aliphatic carbocycles. The molecule has 2 fully saturated rings. The van der Waals surface area contributed by atoms with Gasteiger partial charge in [0, 0.05) is 36.7 Å². The molecule has 3 N–H and O–H groups in total. The van der Waals surface area contributed by atoms with Gasteiger partial charge in [0.25, 0.3) is 0 Å². The van der Waals surface area contributed by atoms with Crippen molar-refractivity contribution in [1.82, 2.24) is 15.1 Å². The van der Waals surface area contributed by atoms with Crippen LogP contribution < -0.4 is 11.1 Å². The van der Waals surface area contributed by atoms with Gasteiger partial charge in [-0.25, -0.2) is 0 Å². The summed E-state index contributed by atoms with van der Waals surface area (Å²) in [5.41, 5.74) is 8.90. The van der Waals surface area contributed by atoms with Gasteiger partial charge in [-0.3, -0.25) is 9.48 Å². The van der Waals surface area contributed by atoms with E-state index in [-0.39, 0.29) is 17.9 Å². The van der Waals surface area contributed by atoms with Crippen LogP contribution in [-0.2, 0) is 17.6 Å². The predicted octanol–water partition coefficient (Wildman–Crippen LogP) is 2.59. The third kappa shape index (κ3) is 3.35. The van der Waals surface area contributed by atoms with E-state index < -0.39 is 0 Å². The highest BCUT2D eigenvalue weighted by atomic mass is 16.1. The minimum atomic E-state index is 0.171. The van der Waals surface area contributed by atoms with Crippen molar-refractivity contribution in [2.24, 2.45) is 23.5 Å². The topological polar surface area (TPSA) is 72.9 Å². The SMILES string of the molecule is CC(C)n1cc2c(n1)CC(NC(=O)C1CC3CCCC(C1)C3N)CC2. The molecule has 0 aliphatic heterocycles. The maximum absolute atomic E-state index is 12.9. The molecule has 5 heteroatoms. The first kappa shape index (κ1) is 17.1. The summed E-state index contributed by atoms with van der Waals surface area (Å²) in [7, 11) is 0. The number of nitrogens with one attached hydrogen (secondary N) is 1. The second-order valence-corrected chi connectivity index (χ2v) is 8.82. The van der Waals surface area contributed by atoms with Crippen LogP contribution >= 0.6 is 0 Å². The van der Waals surface area contributed by atoms with E-state index in [1.165, 1.54) is 30.5 Å². The summed E-state index contributed by atoms with van der Waals surface area (Å²) in [6.45, 7) is 4.31.